The van der Waals surface area contributed by atoms with Crippen LogP contribution < -0.4 is 11.1 Å². The molecule has 1 aromatic rings. The number of Topliss-reactive ketones (excluding diaryl/α,β-unsaturated/α-hetero) is 2. The van der Waals surface area contributed by atoms with E-state index >= 15 is 0 Å². The Bertz CT molecular complexity index is 554. The predicted octanol–water partition coefficient (Wildman–Crippen LogP) is 1.18. The second kappa shape index (κ2) is 5.86. The van der Waals surface area contributed by atoms with Crippen molar-refractivity contribution in [2.24, 2.45) is 0 Å². The maximum Gasteiger partial charge on any atom is 0.227 e. The SMILES string of the molecule is CC(C(=O)NC1CCC(=O)CC1=O)c1cccc(N)c1. The van der Waals surface area contributed by atoms with Crippen LogP contribution in [0.5, 0.6) is 0 Å². The fourth-order valence-electron chi connectivity index (χ4n) is 2.30. The van der Waals surface area contributed by atoms with Gasteiger partial charge in [0, 0.05) is 12.1 Å². The van der Waals surface area contributed by atoms with E-state index in [4.69, 9.17) is 5.73 Å². The zero-order chi connectivity index (χ0) is 14.7. The molecule has 5 nitrogen and oxygen atoms in total. The summed E-state index contributed by atoms with van der Waals surface area (Å²) in [5.41, 5.74) is 7.10. The number of nitrogen functional groups attached to an aromatic ring is 1. The average Bonchev–Trinajstić information content (AvgIpc) is 2.41. The van der Waals surface area contributed by atoms with Crippen molar-refractivity contribution < 1.29 is 14.4 Å². The van der Waals surface area contributed by atoms with Gasteiger partial charge in [0.1, 0.15) is 5.78 Å². The molecule has 0 aliphatic heterocycles. The smallest absolute Gasteiger partial charge is 0.227 e. The van der Waals surface area contributed by atoms with Crippen molar-refractivity contribution >= 4 is 23.2 Å². The summed E-state index contributed by atoms with van der Waals surface area (Å²) in [5.74, 6) is -0.856. The normalized spacial score (nSPS) is 20.6. The van der Waals surface area contributed by atoms with Crippen LogP contribution >= 0.6 is 0 Å². The summed E-state index contributed by atoms with van der Waals surface area (Å²) in [6.45, 7) is 1.77. The lowest BCUT2D eigenvalue weighted by molar-refractivity contribution is -0.134. The topological polar surface area (TPSA) is 89.3 Å². The number of nitrogens with two attached hydrogens (primary N) is 1. The molecule has 1 fully saturated rings. The van der Waals surface area contributed by atoms with E-state index in [9.17, 15) is 14.4 Å². The lowest BCUT2D eigenvalue weighted by atomic mass is 9.92. The molecular formula is C15H18N2O3. The lowest BCUT2D eigenvalue weighted by Gasteiger charge is -2.23. The Labute approximate surface area is 117 Å². The van der Waals surface area contributed by atoms with Gasteiger partial charge >= 0.3 is 0 Å². The van der Waals surface area contributed by atoms with Crippen LogP contribution in [0.4, 0.5) is 5.69 Å². The summed E-state index contributed by atoms with van der Waals surface area (Å²) in [6, 6.07) is 6.58. The fraction of sp³-hybridized carbons (Fsp3) is 0.400. The molecular weight excluding hydrogens is 256 g/mol. The molecule has 20 heavy (non-hydrogen) atoms. The van der Waals surface area contributed by atoms with Gasteiger partial charge in [-0.1, -0.05) is 12.1 Å². The number of carbonyl (C=O) groups is 3. The van der Waals surface area contributed by atoms with Gasteiger partial charge in [-0.2, -0.15) is 0 Å². The van der Waals surface area contributed by atoms with Gasteiger partial charge in [0.25, 0.3) is 0 Å². The first-order chi connectivity index (χ1) is 9.47. The van der Waals surface area contributed by atoms with Crippen molar-refractivity contribution in [3.63, 3.8) is 0 Å². The van der Waals surface area contributed by atoms with E-state index in [1.54, 1.807) is 25.1 Å². The van der Waals surface area contributed by atoms with E-state index in [2.05, 4.69) is 5.32 Å². The highest BCUT2D eigenvalue weighted by Crippen LogP contribution is 2.19. The van der Waals surface area contributed by atoms with Gasteiger partial charge in [-0.05, 0) is 31.0 Å². The van der Waals surface area contributed by atoms with Crippen LogP contribution in [0.15, 0.2) is 24.3 Å². The van der Waals surface area contributed by atoms with Crippen LogP contribution in [0.25, 0.3) is 0 Å². The molecule has 0 heterocycles. The molecule has 0 aromatic heterocycles. The monoisotopic (exact) mass is 274 g/mol. The Morgan fingerprint density at radius 2 is 2.15 bits per heavy atom. The van der Waals surface area contributed by atoms with Gasteiger partial charge in [0.05, 0.1) is 18.4 Å². The number of hydrogen-bond acceptors (Lipinski definition) is 4. The van der Waals surface area contributed by atoms with Crippen LogP contribution in [0.1, 0.15) is 37.7 Å². The van der Waals surface area contributed by atoms with Crippen molar-refractivity contribution in [3.05, 3.63) is 29.8 Å². The Morgan fingerprint density at radius 1 is 1.40 bits per heavy atom. The Hall–Kier alpha value is -2.17. The molecule has 1 aliphatic carbocycles. The minimum atomic E-state index is -0.538. The van der Waals surface area contributed by atoms with Crippen molar-refractivity contribution in [3.8, 4) is 0 Å². The number of hydrogen-bond donors (Lipinski definition) is 2. The van der Waals surface area contributed by atoms with Crippen LogP contribution in [0.2, 0.25) is 0 Å². The first-order valence-electron chi connectivity index (χ1n) is 6.67. The first-order valence-corrected chi connectivity index (χ1v) is 6.67. The van der Waals surface area contributed by atoms with Gasteiger partial charge in [-0.25, -0.2) is 0 Å². The number of carbonyl (C=O) groups excluding carboxylic acids is 3. The van der Waals surface area contributed by atoms with Crippen molar-refractivity contribution in [1.29, 1.82) is 0 Å². The van der Waals surface area contributed by atoms with Gasteiger partial charge in [-0.15, -0.1) is 0 Å². The number of rotatable bonds is 3. The maximum absolute atomic E-state index is 12.2. The minimum Gasteiger partial charge on any atom is -0.399 e. The van der Waals surface area contributed by atoms with Crippen molar-refractivity contribution in [1.82, 2.24) is 5.32 Å². The molecule has 0 bridgehead atoms. The number of nitrogens with one attached hydrogen (secondary N) is 1. The Balaban J connectivity index is 2.01. The van der Waals surface area contributed by atoms with Crippen molar-refractivity contribution in [2.45, 2.75) is 38.1 Å². The molecule has 1 amide bonds. The minimum absolute atomic E-state index is 0.0515. The van der Waals surface area contributed by atoms with Gasteiger partial charge < -0.3 is 11.1 Å². The van der Waals surface area contributed by atoms with Crippen LogP contribution in [0, 0.1) is 0 Å². The standard InChI is InChI=1S/C15H18N2O3/c1-9(10-3-2-4-11(16)7-10)15(20)17-13-6-5-12(18)8-14(13)19/h2-4,7,9,13H,5-6,8,16H2,1H3,(H,17,20). The highest BCUT2D eigenvalue weighted by Gasteiger charge is 2.29. The van der Waals surface area contributed by atoms with E-state index in [0.717, 1.165) is 5.56 Å². The zero-order valence-corrected chi connectivity index (χ0v) is 11.4. The number of anilines is 1. The molecule has 2 unspecified atom stereocenters. The third kappa shape index (κ3) is 3.23. The maximum atomic E-state index is 12.2. The summed E-state index contributed by atoms with van der Waals surface area (Å²) in [7, 11) is 0. The molecule has 1 aliphatic rings. The van der Waals surface area contributed by atoms with Crippen LogP contribution in [-0.4, -0.2) is 23.5 Å². The van der Waals surface area contributed by atoms with Gasteiger partial charge in [-0.3, -0.25) is 14.4 Å². The summed E-state index contributed by atoms with van der Waals surface area (Å²) in [5, 5.41) is 2.73. The molecule has 3 N–H and O–H groups in total. The first kappa shape index (κ1) is 14.2. The molecule has 2 atom stereocenters. The summed E-state index contributed by atoms with van der Waals surface area (Å²) < 4.78 is 0. The van der Waals surface area contributed by atoms with Crippen LogP contribution in [0.3, 0.4) is 0 Å². The molecule has 5 heteroatoms. The van der Waals surface area contributed by atoms with E-state index in [0.29, 0.717) is 18.5 Å². The highest BCUT2D eigenvalue weighted by molar-refractivity contribution is 6.05. The predicted molar refractivity (Wildman–Crippen MR) is 75.1 cm³/mol. The van der Waals surface area contributed by atoms with E-state index < -0.39 is 6.04 Å². The quantitative estimate of drug-likeness (QED) is 0.639. The number of amides is 1. The second-order valence-electron chi connectivity index (χ2n) is 5.17. The third-order valence-corrected chi connectivity index (χ3v) is 3.59. The van der Waals surface area contributed by atoms with Crippen molar-refractivity contribution in [2.75, 3.05) is 5.73 Å². The molecule has 0 spiro atoms. The molecule has 2 rings (SSSR count). The summed E-state index contributed by atoms with van der Waals surface area (Å²) in [6.07, 6.45) is 0.675. The molecule has 0 radical (unpaired) electrons. The zero-order valence-electron chi connectivity index (χ0n) is 11.4. The summed E-state index contributed by atoms with van der Waals surface area (Å²) >= 11 is 0. The fourth-order valence-corrected chi connectivity index (χ4v) is 2.30. The average molecular weight is 274 g/mol. The van der Waals surface area contributed by atoms with E-state index in [1.165, 1.54) is 0 Å². The number of ketones is 2. The molecule has 0 saturated heterocycles. The van der Waals surface area contributed by atoms with Gasteiger partial charge in [0.15, 0.2) is 5.78 Å². The Kier molecular flexibility index (Phi) is 4.17. The highest BCUT2D eigenvalue weighted by atomic mass is 16.2. The molecule has 106 valence electrons. The lowest BCUT2D eigenvalue weighted by Crippen LogP contribution is -2.45. The second-order valence-corrected chi connectivity index (χ2v) is 5.17. The summed E-state index contributed by atoms with van der Waals surface area (Å²) in [4.78, 5) is 35.0. The molecule has 1 saturated carbocycles. The molecule has 1 aromatic carbocycles. The van der Waals surface area contributed by atoms with Crippen LogP contribution in [-0.2, 0) is 14.4 Å². The number of benzene rings is 1. The third-order valence-electron chi connectivity index (χ3n) is 3.59. The van der Waals surface area contributed by atoms with E-state index in [-0.39, 0.29) is 29.8 Å². The largest absolute Gasteiger partial charge is 0.399 e. The Morgan fingerprint density at radius 3 is 2.80 bits per heavy atom. The van der Waals surface area contributed by atoms with Gasteiger partial charge in [0.2, 0.25) is 5.91 Å². The van der Waals surface area contributed by atoms with E-state index in [1.807, 2.05) is 6.07 Å².